The summed E-state index contributed by atoms with van der Waals surface area (Å²) >= 11 is 0. The fraction of sp³-hybridized carbons (Fsp3) is 0.500. The van der Waals surface area contributed by atoms with Crippen molar-refractivity contribution >= 4 is 42.5 Å². The van der Waals surface area contributed by atoms with E-state index in [2.05, 4.69) is 35.3 Å². The van der Waals surface area contributed by atoms with Gasteiger partial charge in [-0.05, 0) is 56.9 Å². The van der Waals surface area contributed by atoms with Crippen LogP contribution in [0.25, 0.3) is 11.0 Å². The maximum absolute atomic E-state index is 14.7. The van der Waals surface area contributed by atoms with Crippen molar-refractivity contribution in [3.8, 4) is 0 Å². The Kier molecular flexibility index (Phi) is 5.29. The molecule has 1 aromatic heterocycles. The van der Waals surface area contributed by atoms with E-state index >= 15 is 0 Å². The number of urea groups is 1. The van der Waals surface area contributed by atoms with Crippen molar-refractivity contribution in [3.63, 3.8) is 0 Å². The van der Waals surface area contributed by atoms with Gasteiger partial charge in [0.15, 0.2) is 11.4 Å². The molecule has 0 atom stereocenters. The van der Waals surface area contributed by atoms with E-state index in [4.69, 9.17) is 4.42 Å². The van der Waals surface area contributed by atoms with Gasteiger partial charge in [0.25, 0.3) is 0 Å². The summed E-state index contributed by atoms with van der Waals surface area (Å²) in [7, 11) is -1.72. The van der Waals surface area contributed by atoms with Crippen LogP contribution in [0.2, 0.25) is 24.7 Å². The molecule has 2 aliphatic heterocycles. The van der Waals surface area contributed by atoms with Crippen LogP contribution in [0, 0.1) is 12.7 Å². The Hall–Kier alpha value is -2.94. The lowest BCUT2D eigenvalue weighted by Crippen LogP contribution is -2.55. The third-order valence-electron chi connectivity index (χ3n) is 8.45. The molecule has 0 unspecified atom stereocenters. The minimum absolute atomic E-state index is 0.0349. The van der Waals surface area contributed by atoms with Crippen molar-refractivity contribution in [2.45, 2.75) is 70.3 Å². The van der Waals surface area contributed by atoms with Gasteiger partial charge in [0.1, 0.15) is 11.5 Å². The smallest absolute Gasteiger partial charge is 0.323 e. The number of rotatable bonds is 3. The molecule has 3 aliphatic rings. The number of nitrogens with zero attached hydrogens (tertiary/aromatic N) is 2. The predicted octanol–water partition coefficient (Wildman–Crippen LogP) is 5.59. The van der Waals surface area contributed by atoms with Gasteiger partial charge in [-0.2, -0.15) is 0 Å². The first-order chi connectivity index (χ1) is 16.4. The van der Waals surface area contributed by atoms with Crippen LogP contribution >= 0.6 is 0 Å². The highest BCUT2D eigenvalue weighted by Gasteiger charge is 2.54. The summed E-state index contributed by atoms with van der Waals surface area (Å²) in [6, 6.07) is 2.56. The second kappa shape index (κ2) is 7.78. The number of furan rings is 1. The predicted molar refractivity (Wildman–Crippen MR) is 138 cm³/mol. The van der Waals surface area contributed by atoms with Gasteiger partial charge >= 0.3 is 6.03 Å². The molecular formula is C26H33FN4O3Si. The van der Waals surface area contributed by atoms with E-state index in [0.29, 0.717) is 24.5 Å². The molecule has 9 heteroatoms. The van der Waals surface area contributed by atoms with Gasteiger partial charge in [0, 0.05) is 16.0 Å². The molecule has 0 radical (unpaired) electrons. The van der Waals surface area contributed by atoms with E-state index in [1.165, 1.54) is 6.07 Å². The molecule has 1 saturated carbocycles. The zero-order valence-corrected chi connectivity index (χ0v) is 22.3. The van der Waals surface area contributed by atoms with E-state index < -0.39 is 25.5 Å². The van der Waals surface area contributed by atoms with Crippen LogP contribution in [0.3, 0.4) is 0 Å². The van der Waals surface area contributed by atoms with Crippen LogP contribution in [0.1, 0.15) is 38.7 Å². The van der Waals surface area contributed by atoms with Gasteiger partial charge in [0.05, 0.1) is 33.0 Å². The number of aryl methyl sites for hydroxylation is 1. The zero-order chi connectivity index (χ0) is 25.3. The zero-order valence-electron chi connectivity index (χ0n) is 21.3. The number of nitrogens with one attached hydrogen (secondary N) is 2. The van der Waals surface area contributed by atoms with E-state index in [1.54, 1.807) is 17.2 Å². The molecule has 2 N–H and O–H groups in total. The number of halogens is 1. The summed E-state index contributed by atoms with van der Waals surface area (Å²) in [6.45, 7) is 13.3. The monoisotopic (exact) mass is 496 g/mol. The number of aliphatic imine (C=N–C) groups is 1. The summed E-state index contributed by atoms with van der Waals surface area (Å²) < 4.78 is 20.2. The molecule has 7 nitrogen and oxygen atoms in total. The lowest BCUT2D eigenvalue weighted by molar-refractivity contribution is -0.125. The highest BCUT2D eigenvalue weighted by molar-refractivity contribution is 6.82. The summed E-state index contributed by atoms with van der Waals surface area (Å²) in [4.78, 5) is 33.1. The number of hydrogen-bond acceptors (Lipinski definition) is 4. The lowest BCUT2D eigenvalue weighted by atomic mass is 9.83. The summed E-state index contributed by atoms with van der Waals surface area (Å²) in [5.41, 5.74) is 2.48. The summed E-state index contributed by atoms with van der Waals surface area (Å²) in [5.74, 6) is 0.0928. The number of fused-ring (bicyclic) bond motifs is 1. The van der Waals surface area contributed by atoms with Crippen LogP contribution in [0.5, 0.6) is 0 Å². The SMILES string of the molecule is Cc1coc2c(NC(=O)N3CC4=C(CN=C4NC(=O)C4([Si](C)(C)C)CCC4)C3(C)C)c(F)ccc12. The van der Waals surface area contributed by atoms with Crippen molar-refractivity contribution < 1.29 is 18.4 Å². The molecule has 2 aromatic rings. The maximum atomic E-state index is 14.7. The highest BCUT2D eigenvalue weighted by atomic mass is 28.3. The van der Waals surface area contributed by atoms with Gasteiger partial charge < -0.3 is 20.0 Å². The first kappa shape index (κ1) is 23.8. The van der Waals surface area contributed by atoms with Gasteiger partial charge in [-0.3, -0.25) is 9.79 Å². The second-order valence-corrected chi connectivity index (χ2v) is 17.0. The first-order valence-corrected chi connectivity index (χ1v) is 15.7. The molecule has 3 amide bonds. The van der Waals surface area contributed by atoms with Crippen LogP contribution in [0.4, 0.5) is 14.9 Å². The maximum Gasteiger partial charge on any atom is 0.323 e. The van der Waals surface area contributed by atoms with E-state index in [9.17, 15) is 14.0 Å². The summed E-state index contributed by atoms with van der Waals surface area (Å²) in [6.07, 6.45) is 4.49. The lowest BCUT2D eigenvalue weighted by Gasteiger charge is -2.49. The van der Waals surface area contributed by atoms with Crippen LogP contribution in [-0.4, -0.2) is 49.4 Å². The largest absolute Gasteiger partial charge is 0.462 e. The van der Waals surface area contributed by atoms with Crippen molar-refractivity contribution in [1.29, 1.82) is 0 Å². The molecule has 0 bridgehead atoms. The number of amides is 3. The fourth-order valence-corrected chi connectivity index (χ4v) is 8.35. The molecule has 35 heavy (non-hydrogen) atoms. The molecule has 0 spiro atoms. The third kappa shape index (κ3) is 3.46. The Morgan fingerprint density at radius 2 is 1.89 bits per heavy atom. The van der Waals surface area contributed by atoms with Crippen molar-refractivity contribution in [2.75, 3.05) is 18.4 Å². The van der Waals surface area contributed by atoms with Gasteiger partial charge in [-0.1, -0.05) is 26.1 Å². The number of carbonyl (C=O) groups is 2. The first-order valence-electron chi connectivity index (χ1n) is 12.2. The quantitative estimate of drug-likeness (QED) is 0.543. The fourth-order valence-electron chi connectivity index (χ4n) is 5.75. The Bertz CT molecular complexity index is 1310. The van der Waals surface area contributed by atoms with Gasteiger partial charge in [-0.25, -0.2) is 9.18 Å². The third-order valence-corrected chi connectivity index (χ3v) is 12.0. The van der Waals surface area contributed by atoms with Crippen molar-refractivity contribution in [3.05, 3.63) is 40.9 Å². The standard InChI is InChI=1S/C26H33FN4O3Si/c1-15-14-34-21-16(15)8-9-19(27)20(21)29-24(33)31-13-17-18(25(31,2)3)12-28-22(17)30-23(32)26(10-7-11-26)35(4,5)6/h8-9,14H,7,10-13H2,1-6H3,(H,29,33)(H,28,30,32). The Morgan fingerprint density at radius 3 is 2.51 bits per heavy atom. The Morgan fingerprint density at radius 1 is 1.17 bits per heavy atom. The average Bonchev–Trinajstić information content (AvgIpc) is 3.36. The molecule has 1 aliphatic carbocycles. The molecule has 3 heterocycles. The molecular weight excluding hydrogens is 463 g/mol. The van der Waals surface area contributed by atoms with Crippen molar-refractivity contribution in [2.24, 2.45) is 4.99 Å². The molecule has 1 aromatic carbocycles. The van der Waals surface area contributed by atoms with E-state index in [1.807, 2.05) is 20.8 Å². The minimum Gasteiger partial charge on any atom is -0.462 e. The van der Waals surface area contributed by atoms with Gasteiger partial charge in [-0.15, -0.1) is 0 Å². The number of anilines is 1. The Balaban J connectivity index is 1.36. The molecule has 1 fully saturated rings. The molecule has 0 saturated heterocycles. The second-order valence-electron chi connectivity index (χ2n) is 11.6. The number of benzene rings is 1. The molecule has 186 valence electrons. The van der Waals surface area contributed by atoms with Crippen LogP contribution in [0.15, 0.2) is 39.0 Å². The highest BCUT2D eigenvalue weighted by Crippen LogP contribution is 2.55. The number of hydrogen-bond donors (Lipinski definition) is 2. The van der Waals surface area contributed by atoms with Crippen LogP contribution in [-0.2, 0) is 4.79 Å². The topological polar surface area (TPSA) is 86.9 Å². The normalized spacial score (nSPS) is 20.5. The number of amidine groups is 1. The summed E-state index contributed by atoms with van der Waals surface area (Å²) in [5, 5.41) is 6.37. The van der Waals surface area contributed by atoms with E-state index in [-0.39, 0.29) is 16.6 Å². The van der Waals surface area contributed by atoms with Gasteiger partial charge in [0.2, 0.25) is 5.91 Å². The number of carbonyl (C=O) groups excluding carboxylic acids is 2. The minimum atomic E-state index is -1.72. The van der Waals surface area contributed by atoms with Crippen LogP contribution < -0.4 is 10.6 Å². The molecule has 5 rings (SSSR count). The Labute approximate surface area is 205 Å². The van der Waals surface area contributed by atoms with E-state index in [0.717, 1.165) is 41.4 Å². The average molecular weight is 497 g/mol. The van der Waals surface area contributed by atoms with Crippen molar-refractivity contribution in [1.82, 2.24) is 10.2 Å².